The summed E-state index contributed by atoms with van der Waals surface area (Å²) in [4.78, 5) is 0. The van der Waals surface area contributed by atoms with Crippen LogP contribution in [0.15, 0.2) is 24.3 Å². The Kier molecular flexibility index (Phi) is 1.71. The van der Waals surface area contributed by atoms with Crippen LogP contribution in [-0.2, 0) is 0 Å². The molecule has 0 bridgehead atoms. The van der Waals surface area contributed by atoms with E-state index in [1.807, 2.05) is 18.2 Å². The summed E-state index contributed by atoms with van der Waals surface area (Å²) < 4.78 is 0. The summed E-state index contributed by atoms with van der Waals surface area (Å²) in [6, 6.07) is 8.08. The van der Waals surface area contributed by atoms with Gasteiger partial charge in [-0.3, -0.25) is 0 Å². The monoisotopic (exact) mass is 132 g/mol. The molecular weight excluding hydrogens is 124 g/mol. The Bertz CT molecular complexity index is 245. The van der Waals surface area contributed by atoms with Gasteiger partial charge in [0.05, 0.1) is 0 Å². The number of hydrogen-bond donors (Lipinski definition) is 0. The molecule has 0 amide bonds. The van der Waals surface area contributed by atoms with Crippen LogP contribution in [-0.4, -0.2) is 10.2 Å². The van der Waals surface area contributed by atoms with Crippen molar-refractivity contribution in [3.63, 3.8) is 0 Å². The predicted molar refractivity (Wildman–Crippen MR) is 44.0 cm³/mol. The predicted octanol–water partition coefficient (Wildman–Crippen LogP) is -0.341. The van der Waals surface area contributed by atoms with E-state index in [1.165, 1.54) is 5.19 Å². The highest BCUT2D eigenvalue weighted by molar-refractivity contribution is 6.32. The van der Waals surface area contributed by atoms with E-state index in [2.05, 4.69) is 12.0 Å². The van der Waals surface area contributed by atoms with Crippen LogP contribution in [0, 0.1) is 12.3 Å². The molecule has 0 aliphatic rings. The molecule has 9 heavy (non-hydrogen) atoms. The number of benzene rings is 1. The molecule has 0 unspecified atom stereocenters. The van der Waals surface area contributed by atoms with E-state index in [0.29, 0.717) is 0 Å². The summed E-state index contributed by atoms with van der Waals surface area (Å²) in [7, 11) is 1.08. The molecule has 1 rings (SSSR count). The van der Waals surface area contributed by atoms with Gasteiger partial charge in [-0.2, -0.15) is 0 Å². The summed E-state index contributed by atoms with van der Waals surface area (Å²) in [5.41, 5.74) is 0.988. The Hall–Kier alpha value is -1.00. The van der Waals surface area contributed by atoms with Crippen molar-refractivity contribution in [1.82, 2.24) is 0 Å². The van der Waals surface area contributed by atoms with Crippen molar-refractivity contribution in [3.8, 4) is 12.3 Å². The van der Waals surface area contributed by atoms with E-state index < -0.39 is 0 Å². The molecule has 0 aliphatic heterocycles. The van der Waals surface area contributed by atoms with E-state index >= 15 is 0 Å². The Morgan fingerprint density at radius 2 is 2.22 bits per heavy atom. The Morgan fingerprint density at radius 1 is 1.44 bits per heavy atom. The van der Waals surface area contributed by atoms with Gasteiger partial charge < -0.3 is 0 Å². The second-order valence-corrected chi connectivity index (χ2v) is 3.17. The molecule has 0 atom stereocenters. The summed E-state index contributed by atoms with van der Waals surface area (Å²) in [5.74, 6) is 2.59. The lowest BCUT2D eigenvalue weighted by molar-refractivity contribution is 1.70. The molecular formula is C8H8Si. The molecule has 0 saturated heterocycles. The first-order valence-corrected chi connectivity index (χ1v) is 3.86. The van der Waals surface area contributed by atoms with Gasteiger partial charge in [0.2, 0.25) is 0 Å². The third kappa shape index (κ3) is 1.44. The first-order chi connectivity index (χ1) is 4.33. The zero-order valence-corrected chi connectivity index (χ0v) is 7.39. The molecule has 0 aromatic heterocycles. The van der Waals surface area contributed by atoms with E-state index in [0.717, 1.165) is 15.8 Å². The quantitative estimate of drug-likeness (QED) is 0.334. The average Bonchev–Trinajstić information content (AvgIpc) is 1.88. The van der Waals surface area contributed by atoms with Crippen LogP contribution in [0.2, 0.25) is 0 Å². The molecule has 0 saturated carbocycles. The Labute approximate surface area is 58.3 Å². The lowest BCUT2D eigenvalue weighted by Gasteiger charge is -1.90. The first kappa shape index (κ1) is 6.12. The van der Waals surface area contributed by atoms with Crippen molar-refractivity contribution in [2.45, 2.75) is 0 Å². The molecule has 0 spiro atoms. The number of hydrogen-bond acceptors (Lipinski definition) is 0. The molecule has 0 nitrogen and oxygen atoms in total. The summed E-state index contributed by atoms with van der Waals surface area (Å²) in [5, 5.41) is 1.35. The molecule has 44 valence electrons. The molecule has 0 N–H and O–H groups in total. The van der Waals surface area contributed by atoms with Crippen LogP contribution in [0.1, 0.15) is 5.56 Å². The highest BCUT2D eigenvalue weighted by Gasteiger charge is 1.83. The lowest BCUT2D eigenvalue weighted by atomic mass is 10.2. The fourth-order valence-electron chi connectivity index (χ4n) is 0.735. The highest BCUT2D eigenvalue weighted by Crippen LogP contribution is 1.90. The van der Waals surface area contributed by atoms with Crippen molar-refractivity contribution in [2.24, 2.45) is 0 Å². The van der Waals surface area contributed by atoms with Crippen molar-refractivity contribution in [1.29, 1.82) is 0 Å². The van der Waals surface area contributed by atoms with E-state index in [-0.39, 0.29) is 0 Å². The zero-order chi connectivity index (χ0) is 6.69. The van der Waals surface area contributed by atoms with Crippen LogP contribution >= 0.6 is 0 Å². The third-order valence-electron chi connectivity index (χ3n) is 1.18. The Balaban J connectivity index is 3.12. The number of terminal acetylenes is 1. The smallest absolute Gasteiger partial charge is 0.0385 e. The molecule has 1 aromatic rings. The van der Waals surface area contributed by atoms with Crippen molar-refractivity contribution in [2.75, 3.05) is 0 Å². The van der Waals surface area contributed by atoms with Gasteiger partial charge in [0.25, 0.3) is 0 Å². The molecule has 1 heteroatoms. The summed E-state index contributed by atoms with van der Waals surface area (Å²) in [6.45, 7) is 0. The van der Waals surface area contributed by atoms with Crippen molar-refractivity contribution in [3.05, 3.63) is 29.8 Å². The van der Waals surface area contributed by atoms with Crippen LogP contribution in [0.3, 0.4) is 0 Å². The van der Waals surface area contributed by atoms with Gasteiger partial charge in [-0.15, -0.1) is 6.42 Å². The second kappa shape index (κ2) is 2.52. The molecule has 0 heterocycles. The average molecular weight is 132 g/mol. The molecule has 0 radical (unpaired) electrons. The maximum absolute atomic E-state index is 5.18. The minimum Gasteiger partial charge on any atom is -0.115 e. The normalized spacial score (nSPS) is 8.78. The first-order valence-electron chi connectivity index (χ1n) is 2.86. The van der Waals surface area contributed by atoms with Gasteiger partial charge in [0.1, 0.15) is 0 Å². The minimum absolute atomic E-state index is 0.988. The van der Waals surface area contributed by atoms with E-state index in [1.54, 1.807) is 0 Å². The lowest BCUT2D eigenvalue weighted by Crippen LogP contribution is -2.00. The van der Waals surface area contributed by atoms with Gasteiger partial charge in [-0.05, 0) is 12.1 Å². The summed E-state index contributed by atoms with van der Waals surface area (Å²) >= 11 is 0. The van der Waals surface area contributed by atoms with Crippen LogP contribution < -0.4 is 5.19 Å². The minimum atomic E-state index is 0.988. The van der Waals surface area contributed by atoms with Gasteiger partial charge in [0.15, 0.2) is 0 Å². The number of rotatable bonds is 0. The Morgan fingerprint density at radius 3 is 2.67 bits per heavy atom. The summed E-state index contributed by atoms with van der Waals surface area (Å²) in [6.07, 6.45) is 5.18. The SMILES string of the molecule is C#Cc1cccc([SiH3])c1. The van der Waals surface area contributed by atoms with Crippen LogP contribution in [0.25, 0.3) is 0 Å². The van der Waals surface area contributed by atoms with Gasteiger partial charge in [0, 0.05) is 15.8 Å². The fourth-order valence-corrected chi connectivity index (χ4v) is 1.24. The van der Waals surface area contributed by atoms with E-state index in [4.69, 9.17) is 6.42 Å². The molecule has 0 aliphatic carbocycles. The van der Waals surface area contributed by atoms with Crippen molar-refractivity contribution < 1.29 is 0 Å². The standard InChI is InChI=1S/C8H8Si/c1-2-7-4-3-5-8(9)6-7/h1,3-6H,9H3. The molecule has 1 aromatic carbocycles. The topological polar surface area (TPSA) is 0 Å². The maximum Gasteiger partial charge on any atom is 0.0385 e. The van der Waals surface area contributed by atoms with Gasteiger partial charge in [-0.25, -0.2) is 0 Å². The maximum atomic E-state index is 5.18. The van der Waals surface area contributed by atoms with Crippen molar-refractivity contribution >= 4 is 15.4 Å². The zero-order valence-electron chi connectivity index (χ0n) is 5.39. The second-order valence-electron chi connectivity index (χ2n) is 2.01. The molecule has 0 fully saturated rings. The largest absolute Gasteiger partial charge is 0.115 e. The third-order valence-corrected chi connectivity index (χ3v) is 1.81. The van der Waals surface area contributed by atoms with Crippen LogP contribution in [0.4, 0.5) is 0 Å². The fraction of sp³-hybridized carbons (Fsp3) is 0. The highest BCUT2D eigenvalue weighted by atomic mass is 28.1. The van der Waals surface area contributed by atoms with Crippen LogP contribution in [0.5, 0.6) is 0 Å². The van der Waals surface area contributed by atoms with Gasteiger partial charge >= 0.3 is 0 Å². The van der Waals surface area contributed by atoms with Gasteiger partial charge in [-0.1, -0.05) is 23.2 Å². The van der Waals surface area contributed by atoms with E-state index in [9.17, 15) is 0 Å².